The Balaban J connectivity index is 1.93. The van der Waals surface area contributed by atoms with Gasteiger partial charge >= 0.3 is 0 Å². The van der Waals surface area contributed by atoms with Gasteiger partial charge in [-0.3, -0.25) is 4.98 Å². The van der Waals surface area contributed by atoms with Gasteiger partial charge in [0.15, 0.2) is 0 Å². The molecule has 4 rings (SSSR count). The van der Waals surface area contributed by atoms with Gasteiger partial charge in [-0.1, -0.05) is 52.0 Å². The van der Waals surface area contributed by atoms with E-state index < -0.39 is 0 Å². The monoisotopic (exact) mass is 385 g/mol. The highest BCUT2D eigenvalue weighted by Crippen LogP contribution is 2.33. The van der Waals surface area contributed by atoms with Gasteiger partial charge in [-0.05, 0) is 82.3 Å². The number of hydrogen-bond donors (Lipinski definition) is 0. The summed E-state index contributed by atoms with van der Waals surface area (Å²) in [5.74, 6) is 0.996. The van der Waals surface area contributed by atoms with Gasteiger partial charge in [0.05, 0.1) is 5.69 Å². The van der Waals surface area contributed by atoms with Crippen LogP contribution in [0.1, 0.15) is 38.8 Å². The van der Waals surface area contributed by atoms with E-state index in [1.165, 1.54) is 17.2 Å². The Bertz CT molecular complexity index is 1150. The number of fused-ring (bicyclic) bond motifs is 3. The van der Waals surface area contributed by atoms with Crippen molar-refractivity contribution in [1.82, 2.24) is 4.98 Å². The average molecular weight is 386 g/mol. The first-order valence-corrected chi connectivity index (χ1v) is 10.5. The van der Waals surface area contributed by atoms with Gasteiger partial charge in [0.25, 0.3) is 0 Å². The molecule has 0 amide bonds. The first kappa shape index (κ1) is 19.6. The van der Waals surface area contributed by atoms with Crippen molar-refractivity contribution in [1.29, 1.82) is 0 Å². The lowest BCUT2D eigenvalue weighted by atomic mass is 9.92. The van der Waals surface area contributed by atoms with Crippen molar-refractivity contribution in [2.75, 3.05) is 0 Å². The van der Waals surface area contributed by atoms with E-state index in [4.69, 9.17) is 4.98 Å². The third-order valence-electron chi connectivity index (χ3n) is 5.34. The van der Waals surface area contributed by atoms with Crippen molar-refractivity contribution in [2.24, 2.45) is 11.8 Å². The van der Waals surface area contributed by atoms with E-state index in [-0.39, 0.29) is 5.82 Å². The van der Waals surface area contributed by atoms with E-state index >= 15 is 0 Å². The molecule has 0 spiro atoms. The average Bonchev–Trinajstić information content (AvgIpc) is 2.66. The van der Waals surface area contributed by atoms with Crippen molar-refractivity contribution in [3.05, 3.63) is 77.7 Å². The third kappa shape index (κ3) is 4.17. The SMILES string of the molecule is CC(C)Cc1cc(CC(C)C)cc(-c2nccc3c2ccc2ccc(F)cc23)c1. The van der Waals surface area contributed by atoms with Crippen LogP contribution in [0.15, 0.2) is 60.8 Å². The third-order valence-corrected chi connectivity index (χ3v) is 5.34. The van der Waals surface area contributed by atoms with Gasteiger partial charge in [-0.25, -0.2) is 4.39 Å². The Morgan fingerprint density at radius 1 is 0.724 bits per heavy atom. The molecule has 0 fully saturated rings. The van der Waals surface area contributed by atoms with Crippen molar-refractivity contribution >= 4 is 21.5 Å². The van der Waals surface area contributed by atoms with Gasteiger partial charge in [0, 0.05) is 17.1 Å². The first-order valence-electron chi connectivity index (χ1n) is 10.5. The molecular formula is C27H28FN. The maximum atomic E-state index is 13.9. The second-order valence-electron chi connectivity index (χ2n) is 8.92. The standard InChI is InChI=1S/C27H28FN/c1-17(2)11-19-13-20(12-18(3)4)15-22(14-19)27-25-8-6-21-5-7-23(28)16-26(21)24(25)9-10-29-27/h5-10,13-18H,11-12H2,1-4H3. The van der Waals surface area contributed by atoms with E-state index in [0.29, 0.717) is 11.8 Å². The Kier molecular flexibility index (Phi) is 5.36. The highest BCUT2D eigenvalue weighted by atomic mass is 19.1. The summed E-state index contributed by atoms with van der Waals surface area (Å²) in [7, 11) is 0. The molecule has 0 aliphatic rings. The largest absolute Gasteiger partial charge is 0.256 e. The van der Waals surface area contributed by atoms with Gasteiger partial charge in [0.2, 0.25) is 0 Å². The molecule has 1 nitrogen and oxygen atoms in total. The number of aromatic nitrogens is 1. The zero-order chi connectivity index (χ0) is 20.5. The summed E-state index contributed by atoms with van der Waals surface area (Å²) >= 11 is 0. The predicted octanol–water partition coefficient (Wildman–Crippen LogP) is 7.59. The van der Waals surface area contributed by atoms with Crippen molar-refractivity contribution in [3.63, 3.8) is 0 Å². The van der Waals surface area contributed by atoms with Crippen LogP contribution in [0.3, 0.4) is 0 Å². The van der Waals surface area contributed by atoms with Gasteiger partial charge in [-0.15, -0.1) is 0 Å². The quantitative estimate of drug-likeness (QED) is 0.322. The maximum Gasteiger partial charge on any atom is 0.123 e. The zero-order valence-corrected chi connectivity index (χ0v) is 17.7. The second kappa shape index (κ2) is 7.94. The molecule has 0 aliphatic heterocycles. The van der Waals surface area contributed by atoms with Crippen LogP contribution in [-0.4, -0.2) is 4.98 Å². The van der Waals surface area contributed by atoms with Crippen LogP contribution >= 0.6 is 0 Å². The highest BCUT2D eigenvalue weighted by Gasteiger charge is 2.12. The molecule has 0 bridgehead atoms. The van der Waals surface area contributed by atoms with E-state index in [1.807, 2.05) is 18.3 Å². The van der Waals surface area contributed by atoms with Crippen LogP contribution in [0.2, 0.25) is 0 Å². The van der Waals surface area contributed by atoms with Crippen molar-refractivity contribution < 1.29 is 4.39 Å². The van der Waals surface area contributed by atoms with Crippen LogP contribution in [0, 0.1) is 17.7 Å². The van der Waals surface area contributed by atoms with Gasteiger partial charge in [0.1, 0.15) is 5.82 Å². The summed E-state index contributed by atoms with van der Waals surface area (Å²) in [5.41, 5.74) is 4.85. The lowest BCUT2D eigenvalue weighted by Gasteiger charge is -2.14. The molecule has 0 saturated heterocycles. The van der Waals surface area contributed by atoms with Crippen LogP contribution < -0.4 is 0 Å². The molecule has 0 N–H and O–H groups in total. The number of hydrogen-bond acceptors (Lipinski definition) is 1. The van der Waals surface area contributed by atoms with E-state index in [2.05, 4.69) is 58.0 Å². The minimum Gasteiger partial charge on any atom is -0.256 e. The van der Waals surface area contributed by atoms with Crippen LogP contribution in [0.4, 0.5) is 4.39 Å². The van der Waals surface area contributed by atoms with Gasteiger partial charge in [-0.2, -0.15) is 0 Å². The highest BCUT2D eigenvalue weighted by molar-refractivity contribution is 6.11. The summed E-state index contributed by atoms with van der Waals surface area (Å²) in [4.78, 5) is 4.75. The van der Waals surface area contributed by atoms with E-state index in [9.17, 15) is 4.39 Å². The number of nitrogens with zero attached hydrogens (tertiary/aromatic N) is 1. The molecule has 0 saturated carbocycles. The Morgan fingerprint density at radius 3 is 2.03 bits per heavy atom. The number of benzene rings is 3. The Hall–Kier alpha value is -2.74. The fourth-order valence-electron chi connectivity index (χ4n) is 4.26. The summed E-state index contributed by atoms with van der Waals surface area (Å²) in [6.45, 7) is 9.02. The molecule has 0 radical (unpaired) electrons. The summed E-state index contributed by atoms with van der Waals surface area (Å²) < 4.78 is 13.9. The van der Waals surface area contributed by atoms with Gasteiger partial charge < -0.3 is 0 Å². The molecule has 0 unspecified atom stereocenters. The summed E-state index contributed by atoms with van der Waals surface area (Å²) in [6.07, 6.45) is 3.95. The molecule has 3 aromatic carbocycles. The second-order valence-corrected chi connectivity index (χ2v) is 8.92. The molecule has 0 atom stereocenters. The van der Waals surface area contributed by atoms with E-state index in [1.54, 1.807) is 6.07 Å². The summed E-state index contributed by atoms with van der Waals surface area (Å²) in [5, 5.41) is 4.10. The Labute approximate surface area is 172 Å². The molecule has 2 heteroatoms. The van der Waals surface area contributed by atoms with E-state index in [0.717, 1.165) is 45.6 Å². The normalized spacial score (nSPS) is 11.8. The number of halogens is 1. The van der Waals surface area contributed by atoms with Crippen LogP contribution in [-0.2, 0) is 12.8 Å². The smallest absolute Gasteiger partial charge is 0.123 e. The van der Waals surface area contributed by atoms with Crippen LogP contribution in [0.25, 0.3) is 32.8 Å². The van der Waals surface area contributed by atoms with Crippen molar-refractivity contribution in [3.8, 4) is 11.3 Å². The lowest BCUT2D eigenvalue weighted by molar-refractivity contribution is 0.630. The number of rotatable bonds is 5. The molecule has 4 aromatic rings. The molecule has 1 aromatic heterocycles. The summed E-state index contributed by atoms with van der Waals surface area (Å²) in [6, 6.07) is 18.1. The lowest BCUT2D eigenvalue weighted by Crippen LogP contribution is -2.00. The maximum absolute atomic E-state index is 13.9. The predicted molar refractivity (Wildman–Crippen MR) is 122 cm³/mol. The van der Waals surface area contributed by atoms with Crippen LogP contribution in [0.5, 0.6) is 0 Å². The Morgan fingerprint density at radius 2 is 1.38 bits per heavy atom. The minimum atomic E-state index is -0.207. The molecule has 0 aliphatic carbocycles. The molecule has 148 valence electrons. The molecule has 29 heavy (non-hydrogen) atoms. The molecule has 1 heterocycles. The van der Waals surface area contributed by atoms with Crippen molar-refractivity contribution in [2.45, 2.75) is 40.5 Å². The topological polar surface area (TPSA) is 12.9 Å². The number of pyridine rings is 1. The minimum absolute atomic E-state index is 0.207. The fourth-order valence-corrected chi connectivity index (χ4v) is 4.26. The fraction of sp³-hybridized carbons (Fsp3) is 0.296. The molecular weight excluding hydrogens is 357 g/mol. The first-order chi connectivity index (χ1) is 13.9. The zero-order valence-electron chi connectivity index (χ0n) is 17.7.